The number of nitrogens with one attached hydrogen (secondary N) is 1. The van der Waals surface area contributed by atoms with Gasteiger partial charge in [-0.1, -0.05) is 12.1 Å². The monoisotopic (exact) mass is 228 g/mol. The van der Waals surface area contributed by atoms with Gasteiger partial charge in [-0.2, -0.15) is 0 Å². The lowest BCUT2D eigenvalue weighted by Crippen LogP contribution is -2.27. The van der Waals surface area contributed by atoms with Gasteiger partial charge in [-0.3, -0.25) is 4.68 Å². The number of ether oxygens (including phenoxy) is 2. The Labute approximate surface area is 95.9 Å². The third-order valence-corrected chi connectivity index (χ3v) is 2.27. The molecule has 1 heterocycles. The van der Waals surface area contributed by atoms with Gasteiger partial charge in [-0.15, -0.1) is 5.10 Å². The Hall–Kier alpha value is -0.980. The number of aryl methyl sites for hydroxylation is 1. The van der Waals surface area contributed by atoms with Crippen molar-refractivity contribution in [1.29, 1.82) is 0 Å². The van der Waals surface area contributed by atoms with Crippen LogP contribution in [0.4, 0.5) is 0 Å². The third kappa shape index (κ3) is 3.88. The number of hydrogen-bond donors (Lipinski definition) is 1. The van der Waals surface area contributed by atoms with Crippen molar-refractivity contribution in [2.24, 2.45) is 7.05 Å². The van der Waals surface area contributed by atoms with Gasteiger partial charge < -0.3 is 14.8 Å². The molecule has 0 aliphatic rings. The Morgan fingerprint density at radius 3 is 2.88 bits per heavy atom. The van der Waals surface area contributed by atoms with Crippen molar-refractivity contribution in [1.82, 2.24) is 20.3 Å². The Morgan fingerprint density at radius 1 is 1.50 bits per heavy atom. The zero-order chi connectivity index (χ0) is 11.8. The van der Waals surface area contributed by atoms with Crippen LogP contribution in [0.15, 0.2) is 6.20 Å². The summed E-state index contributed by atoms with van der Waals surface area (Å²) in [4.78, 5) is 0. The molecule has 0 radical (unpaired) electrons. The van der Waals surface area contributed by atoms with E-state index in [2.05, 4.69) is 22.6 Å². The van der Waals surface area contributed by atoms with Crippen molar-refractivity contribution in [2.75, 3.05) is 33.5 Å². The topological polar surface area (TPSA) is 61.2 Å². The zero-order valence-electron chi connectivity index (χ0n) is 10.1. The molecule has 16 heavy (non-hydrogen) atoms. The molecule has 1 N–H and O–H groups in total. The van der Waals surface area contributed by atoms with E-state index < -0.39 is 0 Å². The average Bonchev–Trinajstić information content (AvgIpc) is 2.69. The molecule has 1 aromatic rings. The van der Waals surface area contributed by atoms with Crippen LogP contribution in [-0.2, 0) is 16.5 Å². The van der Waals surface area contributed by atoms with Crippen LogP contribution in [-0.4, -0.2) is 48.5 Å². The molecule has 1 aromatic heterocycles. The molecule has 0 saturated heterocycles. The van der Waals surface area contributed by atoms with Crippen LogP contribution >= 0.6 is 0 Å². The largest absolute Gasteiger partial charge is 0.382 e. The van der Waals surface area contributed by atoms with Gasteiger partial charge in [0.05, 0.1) is 37.8 Å². The third-order valence-electron chi connectivity index (χ3n) is 2.27. The Balaban J connectivity index is 2.45. The molecule has 0 aliphatic heterocycles. The summed E-state index contributed by atoms with van der Waals surface area (Å²) in [6.07, 6.45) is 1.76. The van der Waals surface area contributed by atoms with Gasteiger partial charge in [0.2, 0.25) is 0 Å². The summed E-state index contributed by atoms with van der Waals surface area (Å²) in [5.41, 5.74) is 1.03. The first-order valence-corrected chi connectivity index (χ1v) is 5.44. The second-order valence-electron chi connectivity index (χ2n) is 3.46. The van der Waals surface area contributed by atoms with Crippen molar-refractivity contribution >= 4 is 0 Å². The Bertz CT molecular complexity index is 290. The molecule has 92 valence electrons. The van der Waals surface area contributed by atoms with Crippen molar-refractivity contribution in [3.8, 4) is 0 Å². The molecule has 1 unspecified atom stereocenters. The van der Waals surface area contributed by atoms with Gasteiger partial charge in [0.15, 0.2) is 0 Å². The average molecular weight is 228 g/mol. The standard InChI is InChI=1S/C10H20N4O2/c1-4-11-9(8-16-6-5-15-3)10-7-12-13-14(10)2/h7,9,11H,4-6,8H2,1-3H3. The number of nitrogens with zero attached hydrogens (tertiary/aromatic N) is 3. The van der Waals surface area contributed by atoms with Crippen LogP contribution in [0.3, 0.4) is 0 Å². The highest BCUT2D eigenvalue weighted by Gasteiger charge is 2.14. The summed E-state index contributed by atoms with van der Waals surface area (Å²) in [5, 5.41) is 11.1. The predicted molar refractivity (Wildman–Crippen MR) is 60.1 cm³/mol. The van der Waals surface area contributed by atoms with E-state index in [1.165, 1.54) is 0 Å². The SMILES string of the molecule is CCNC(COCCOC)c1cnnn1C. The first kappa shape index (κ1) is 13.1. The number of likely N-dealkylation sites (N-methyl/N-ethyl adjacent to an activating group) is 1. The number of methoxy groups -OCH3 is 1. The quantitative estimate of drug-likeness (QED) is 0.641. The summed E-state index contributed by atoms with van der Waals surface area (Å²) in [7, 11) is 3.54. The predicted octanol–water partition coefficient (Wildman–Crippen LogP) is 0.129. The molecule has 0 aromatic carbocycles. The molecule has 0 fully saturated rings. The van der Waals surface area contributed by atoms with Crippen LogP contribution < -0.4 is 5.32 Å². The number of aromatic nitrogens is 3. The molecule has 1 atom stereocenters. The lowest BCUT2D eigenvalue weighted by Gasteiger charge is -2.17. The van der Waals surface area contributed by atoms with Crippen LogP contribution in [0.1, 0.15) is 18.7 Å². The fourth-order valence-electron chi connectivity index (χ4n) is 1.45. The maximum Gasteiger partial charge on any atom is 0.0776 e. The van der Waals surface area contributed by atoms with Crippen molar-refractivity contribution in [3.63, 3.8) is 0 Å². The van der Waals surface area contributed by atoms with Gasteiger partial charge in [-0.25, -0.2) is 0 Å². The summed E-state index contributed by atoms with van der Waals surface area (Å²) in [6, 6.07) is 0.127. The highest BCUT2D eigenvalue weighted by molar-refractivity contribution is 5.01. The van der Waals surface area contributed by atoms with Crippen molar-refractivity contribution < 1.29 is 9.47 Å². The maximum atomic E-state index is 5.51. The van der Waals surface area contributed by atoms with E-state index in [4.69, 9.17) is 9.47 Å². The minimum absolute atomic E-state index is 0.127. The Morgan fingerprint density at radius 2 is 2.31 bits per heavy atom. The molecule has 6 heteroatoms. The van der Waals surface area contributed by atoms with Crippen molar-refractivity contribution in [3.05, 3.63) is 11.9 Å². The summed E-state index contributed by atoms with van der Waals surface area (Å²) < 4.78 is 12.2. The maximum absolute atomic E-state index is 5.51. The minimum atomic E-state index is 0.127. The highest BCUT2D eigenvalue weighted by atomic mass is 16.5. The van der Waals surface area contributed by atoms with E-state index in [0.717, 1.165) is 12.2 Å². The lowest BCUT2D eigenvalue weighted by molar-refractivity contribution is 0.0577. The van der Waals surface area contributed by atoms with Crippen LogP contribution in [0, 0.1) is 0 Å². The fourth-order valence-corrected chi connectivity index (χ4v) is 1.45. The molecule has 0 saturated carbocycles. The molecule has 0 aliphatic carbocycles. The summed E-state index contributed by atoms with van der Waals surface area (Å²) >= 11 is 0. The summed E-state index contributed by atoms with van der Waals surface area (Å²) in [5.74, 6) is 0. The van der Waals surface area contributed by atoms with E-state index in [0.29, 0.717) is 19.8 Å². The van der Waals surface area contributed by atoms with Crippen molar-refractivity contribution in [2.45, 2.75) is 13.0 Å². The fraction of sp³-hybridized carbons (Fsp3) is 0.800. The number of rotatable bonds is 8. The molecule has 0 amide bonds. The molecule has 0 spiro atoms. The van der Waals surface area contributed by atoms with Gasteiger partial charge in [0, 0.05) is 14.2 Å². The first-order chi connectivity index (χ1) is 7.79. The van der Waals surface area contributed by atoms with E-state index >= 15 is 0 Å². The second kappa shape index (κ2) is 7.32. The van der Waals surface area contributed by atoms with Gasteiger partial charge in [0.1, 0.15) is 0 Å². The molecule has 0 bridgehead atoms. The smallest absolute Gasteiger partial charge is 0.0776 e. The highest BCUT2D eigenvalue weighted by Crippen LogP contribution is 2.10. The van der Waals surface area contributed by atoms with Crippen LogP contribution in [0.2, 0.25) is 0 Å². The summed E-state index contributed by atoms with van der Waals surface area (Å²) in [6.45, 7) is 4.75. The lowest BCUT2D eigenvalue weighted by atomic mass is 10.2. The van der Waals surface area contributed by atoms with E-state index in [1.54, 1.807) is 18.0 Å². The molecular formula is C10H20N4O2. The second-order valence-corrected chi connectivity index (χ2v) is 3.46. The molecule has 6 nitrogen and oxygen atoms in total. The molecular weight excluding hydrogens is 208 g/mol. The van der Waals surface area contributed by atoms with E-state index in [1.807, 2.05) is 7.05 Å². The minimum Gasteiger partial charge on any atom is -0.382 e. The van der Waals surface area contributed by atoms with E-state index in [9.17, 15) is 0 Å². The van der Waals surface area contributed by atoms with Gasteiger partial charge in [-0.05, 0) is 6.54 Å². The first-order valence-electron chi connectivity index (χ1n) is 5.44. The molecule has 1 rings (SSSR count). The number of hydrogen-bond acceptors (Lipinski definition) is 5. The van der Waals surface area contributed by atoms with Gasteiger partial charge >= 0.3 is 0 Å². The van der Waals surface area contributed by atoms with Crippen LogP contribution in [0.5, 0.6) is 0 Å². The van der Waals surface area contributed by atoms with Crippen LogP contribution in [0.25, 0.3) is 0 Å². The Kier molecular flexibility index (Phi) is 5.99. The normalized spacial score (nSPS) is 12.9. The van der Waals surface area contributed by atoms with Gasteiger partial charge in [0.25, 0.3) is 0 Å². The zero-order valence-corrected chi connectivity index (χ0v) is 10.1. The van der Waals surface area contributed by atoms with E-state index in [-0.39, 0.29) is 6.04 Å².